The van der Waals surface area contributed by atoms with E-state index in [-0.39, 0.29) is 11.5 Å². The summed E-state index contributed by atoms with van der Waals surface area (Å²) in [5, 5.41) is 6.43. The maximum atomic E-state index is 12.2. The monoisotopic (exact) mass is 241 g/mol. The quantitative estimate of drug-likeness (QED) is 0.692. The van der Waals surface area contributed by atoms with Crippen molar-refractivity contribution in [3.63, 3.8) is 0 Å². The zero-order valence-electron chi connectivity index (χ0n) is 9.50. The summed E-state index contributed by atoms with van der Waals surface area (Å²) in [4.78, 5) is 16.3. The van der Waals surface area contributed by atoms with Crippen molar-refractivity contribution in [3.8, 4) is 0 Å². The number of rotatable bonds is 2. The van der Waals surface area contributed by atoms with Crippen LogP contribution in [0.1, 0.15) is 5.56 Å². The summed E-state index contributed by atoms with van der Waals surface area (Å²) in [6.07, 6.45) is 1.49. The number of anilines is 1. The summed E-state index contributed by atoms with van der Waals surface area (Å²) in [5.41, 5.74) is 7.45. The Balaban J connectivity index is 2.14. The Labute approximate surface area is 102 Å². The van der Waals surface area contributed by atoms with Crippen molar-refractivity contribution in [2.75, 3.05) is 5.73 Å². The van der Waals surface area contributed by atoms with E-state index in [1.54, 1.807) is 0 Å². The normalized spacial score (nSPS) is 10.9. The van der Waals surface area contributed by atoms with Crippen molar-refractivity contribution >= 4 is 17.0 Å². The molecule has 6 nitrogen and oxygen atoms in total. The molecule has 18 heavy (non-hydrogen) atoms. The molecule has 0 fully saturated rings. The first-order chi connectivity index (χ1) is 8.75. The predicted molar refractivity (Wildman–Crippen MR) is 68.1 cm³/mol. The van der Waals surface area contributed by atoms with E-state index in [2.05, 4.69) is 15.2 Å². The molecule has 0 bridgehead atoms. The number of nitrogens with two attached hydrogens (primary N) is 1. The highest BCUT2D eigenvalue weighted by Crippen LogP contribution is 2.08. The minimum Gasteiger partial charge on any atom is -0.369 e. The van der Waals surface area contributed by atoms with Gasteiger partial charge >= 0.3 is 0 Å². The molecule has 6 heteroatoms. The number of H-pyrrole nitrogens is 1. The Bertz CT molecular complexity index is 744. The first-order valence-corrected chi connectivity index (χ1v) is 5.49. The number of fused-ring (bicyclic) bond motifs is 1. The molecule has 0 aliphatic rings. The third kappa shape index (κ3) is 1.64. The van der Waals surface area contributed by atoms with Crippen LogP contribution >= 0.6 is 0 Å². The van der Waals surface area contributed by atoms with Crippen LogP contribution in [0, 0.1) is 0 Å². The molecular formula is C12H11N5O. The molecule has 3 aromatic rings. The lowest BCUT2D eigenvalue weighted by Crippen LogP contribution is -2.25. The molecule has 0 radical (unpaired) electrons. The zero-order valence-corrected chi connectivity index (χ0v) is 9.50. The molecule has 0 spiro atoms. The summed E-state index contributed by atoms with van der Waals surface area (Å²) in [7, 11) is 0. The first kappa shape index (κ1) is 10.5. The maximum absolute atomic E-state index is 12.2. The highest BCUT2D eigenvalue weighted by atomic mass is 16.1. The standard InChI is InChI=1S/C12H11N5O/c13-12-15-9-6-14-16-10(9)11(18)17(12)7-8-4-2-1-3-5-8/h1-6H,7H2,(H2,13,15)(H,14,16). The summed E-state index contributed by atoms with van der Waals surface area (Å²) < 4.78 is 1.43. The SMILES string of the molecule is Nc1nc2cn[nH]c2c(=O)n1Cc1ccccc1. The predicted octanol–water partition coefficient (Wildman–Crippen LogP) is 0.750. The fourth-order valence-corrected chi connectivity index (χ4v) is 1.86. The highest BCUT2D eigenvalue weighted by Gasteiger charge is 2.10. The van der Waals surface area contributed by atoms with Crippen LogP contribution in [0.25, 0.3) is 11.0 Å². The molecule has 3 rings (SSSR count). The molecule has 2 heterocycles. The Morgan fingerprint density at radius 2 is 2.06 bits per heavy atom. The van der Waals surface area contributed by atoms with Gasteiger partial charge in [0.05, 0.1) is 12.7 Å². The van der Waals surface area contributed by atoms with Gasteiger partial charge in [-0.2, -0.15) is 5.10 Å². The van der Waals surface area contributed by atoms with Gasteiger partial charge in [-0.05, 0) is 5.56 Å². The number of nitrogens with zero attached hydrogens (tertiary/aromatic N) is 3. The van der Waals surface area contributed by atoms with E-state index in [4.69, 9.17) is 5.73 Å². The van der Waals surface area contributed by atoms with Gasteiger partial charge in [-0.25, -0.2) is 4.98 Å². The van der Waals surface area contributed by atoms with Crippen LogP contribution in [0.3, 0.4) is 0 Å². The van der Waals surface area contributed by atoms with Crippen molar-refractivity contribution < 1.29 is 0 Å². The highest BCUT2D eigenvalue weighted by molar-refractivity contribution is 5.73. The molecule has 0 atom stereocenters. The maximum Gasteiger partial charge on any atom is 0.281 e. The van der Waals surface area contributed by atoms with Crippen LogP contribution in [0.4, 0.5) is 5.95 Å². The van der Waals surface area contributed by atoms with Crippen molar-refractivity contribution in [3.05, 3.63) is 52.4 Å². The number of aromatic amines is 1. The number of hydrogen-bond acceptors (Lipinski definition) is 4. The number of nitrogen functional groups attached to an aromatic ring is 1. The van der Waals surface area contributed by atoms with Gasteiger partial charge in [0.15, 0.2) is 0 Å². The van der Waals surface area contributed by atoms with Crippen molar-refractivity contribution in [1.29, 1.82) is 0 Å². The summed E-state index contributed by atoms with van der Waals surface area (Å²) >= 11 is 0. The number of benzene rings is 1. The molecule has 0 saturated carbocycles. The minimum absolute atomic E-state index is 0.192. The van der Waals surface area contributed by atoms with Crippen LogP contribution in [0.5, 0.6) is 0 Å². The Morgan fingerprint density at radius 1 is 1.28 bits per heavy atom. The summed E-state index contributed by atoms with van der Waals surface area (Å²) in [5.74, 6) is 0.192. The third-order valence-corrected chi connectivity index (χ3v) is 2.77. The lowest BCUT2D eigenvalue weighted by Gasteiger charge is -2.08. The van der Waals surface area contributed by atoms with Gasteiger partial charge in [-0.1, -0.05) is 30.3 Å². The van der Waals surface area contributed by atoms with E-state index in [0.717, 1.165) is 5.56 Å². The molecule has 0 aliphatic carbocycles. The zero-order chi connectivity index (χ0) is 12.5. The molecule has 0 unspecified atom stereocenters. The van der Waals surface area contributed by atoms with Crippen LogP contribution < -0.4 is 11.3 Å². The van der Waals surface area contributed by atoms with Gasteiger partial charge in [-0.15, -0.1) is 0 Å². The van der Waals surface area contributed by atoms with Crippen LogP contribution in [0.2, 0.25) is 0 Å². The van der Waals surface area contributed by atoms with Crippen LogP contribution in [-0.4, -0.2) is 19.7 Å². The second kappa shape index (κ2) is 3.99. The second-order valence-electron chi connectivity index (χ2n) is 3.98. The average molecular weight is 241 g/mol. The van der Waals surface area contributed by atoms with Gasteiger partial charge < -0.3 is 5.73 Å². The van der Waals surface area contributed by atoms with Gasteiger partial charge in [0.2, 0.25) is 5.95 Å². The van der Waals surface area contributed by atoms with Crippen molar-refractivity contribution in [2.24, 2.45) is 0 Å². The second-order valence-corrected chi connectivity index (χ2v) is 3.98. The van der Waals surface area contributed by atoms with Crippen molar-refractivity contribution in [1.82, 2.24) is 19.7 Å². The average Bonchev–Trinajstić information content (AvgIpc) is 2.84. The van der Waals surface area contributed by atoms with E-state index in [1.807, 2.05) is 30.3 Å². The Kier molecular flexibility index (Phi) is 2.33. The van der Waals surface area contributed by atoms with Gasteiger partial charge in [0.25, 0.3) is 5.56 Å². The minimum atomic E-state index is -0.209. The lowest BCUT2D eigenvalue weighted by molar-refractivity contribution is 0.761. The smallest absolute Gasteiger partial charge is 0.281 e. The van der Waals surface area contributed by atoms with Crippen LogP contribution in [0.15, 0.2) is 41.3 Å². The Hall–Kier alpha value is -2.63. The Morgan fingerprint density at radius 3 is 2.83 bits per heavy atom. The summed E-state index contributed by atoms with van der Waals surface area (Å²) in [6, 6.07) is 9.62. The molecule has 3 N–H and O–H groups in total. The van der Waals surface area contributed by atoms with Gasteiger partial charge in [0, 0.05) is 0 Å². The number of hydrogen-bond donors (Lipinski definition) is 2. The molecule has 0 aliphatic heterocycles. The van der Waals surface area contributed by atoms with E-state index < -0.39 is 0 Å². The first-order valence-electron chi connectivity index (χ1n) is 5.49. The van der Waals surface area contributed by atoms with E-state index in [9.17, 15) is 4.79 Å². The number of aromatic nitrogens is 4. The topological polar surface area (TPSA) is 89.6 Å². The summed E-state index contributed by atoms with van der Waals surface area (Å²) in [6.45, 7) is 0.396. The molecular weight excluding hydrogens is 230 g/mol. The van der Waals surface area contributed by atoms with Gasteiger partial charge in [-0.3, -0.25) is 14.5 Å². The molecule has 0 amide bonds. The van der Waals surface area contributed by atoms with Crippen molar-refractivity contribution in [2.45, 2.75) is 6.54 Å². The molecule has 1 aromatic carbocycles. The van der Waals surface area contributed by atoms with E-state index in [1.165, 1.54) is 10.8 Å². The lowest BCUT2D eigenvalue weighted by atomic mass is 10.2. The molecule has 2 aromatic heterocycles. The number of nitrogens with one attached hydrogen (secondary N) is 1. The van der Waals surface area contributed by atoms with Gasteiger partial charge in [0.1, 0.15) is 11.0 Å². The fourth-order valence-electron chi connectivity index (χ4n) is 1.86. The van der Waals surface area contributed by atoms with Crippen LogP contribution in [-0.2, 0) is 6.54 Å². The third-order valence-electron chi connectivity index (χ3n) is 2.77. The largest absolute Gasteiger partial charge is 0.369 e. The van der Waals surface area contributed by atoms with E-state index in [0.29, 0.717) is 17.6 Å². The van der Waals surface area contributed by atoms with E-state index >= 15 is 0 Å². The molecule has 90 valence electrons. The fraction of sp³-hybridized carbons (Fsp3) is 0.0833. The molecule has 0 saturated heterocycles.